The highest BCUT2D eigenvalue weighted by Crippen LogP contribution is 2.40. The molecular formula is C17H17NO4. The lowest BCUT2D eigenvalue weighted by Gasteiger charge is -2.20. The molecule has 1 aliphatic heterocycles. The number of ether oxygens (including phenoxy) is 1. The first kappa shape index (κ1) is 14.5. The Kier molecular flexibility index (Phi) is 3.79. The van der Waals surface area contributed by atoms with Crippen molar-refractivity contribution in [2.75, 3.05) is 11.5 Å². The minimum Gasteiger partial charge on any atom is -0.463 e. The predicted molar refractivity (Wildman–Crippen MR) is 79.9 cm³/mol. The number of rotatable bonds is 3. The van der Waals surface area contributed by atoms with Gasteiger partial charge in [-0.25, -0.2) is 4.79 Å². The number of imide groups is 1. The molecule has 5 nitrogen and oxygen atoms in total. The van der Waals surface area contributed by atoms with Crippen LogP contribution in [0, 0.1) is 11.8 Å². The van der Waals surface area contributed by atoms with Gasteiger partial charge in [-0.2, -0.15) is 0 Å². The lowest BCUT2D eigenvalue weighted by atomic mass is 9.81. The zero-order valence-electron chi connectivity index (χ0n) is 12.3. The Morgan fingerprint density at radius 1 is 1.18 bits per heavy atom. The number of esters is 1. The van der Waals surface area contributed by atoms with E-state index in [1.165, 1.54) is 4.90 Å². The normalized spacial score (nSPS) is 24.0. The van der Waals surface area contributed by atoms with Crippen molar-refractivity contribution in [3.05, 3.63) is 42.0 Å². The van der Waals surface area contributed by atoms with E-state index in [-0.39, 0.29) is 30.1 Å². The second-order valence-corrected chi connectivity index (χ2v) is 5.45. The number of benzene rings is 1. The van der Waals surface area contributed by atoms with Gasteiger partial charge in [0.2, 0.25) is 11.8 Å². The Morgan fingerprint density at radius 2 is 1.86 bits per heavy atom. The van der Waals surface area contributed by atoms with Gasteiger partial charge < -0.3 is 4.74 Å². The average Bonchev–Trinajstić information content (AvgIpc) is 2.79. The Morgan fingerprint density at radius 3 is 2.55 bits per heavy atom. The fraction of sp³-hybridized carbons (Fsp3) is 0.353. The number of fused-ring (bicyclic) bond motifs is 1. The molecule has 2 amide bonds. The summed E-state index contributed by atoms with van der Waals surface area (Å²) < 4.78 is 4.99. The molecule has 0 spiro atoms. The Balaban J connectivity index is 1.84. The van der Waals surface area contributed by atoms with E-state index in [0.717, 1.165) is 0 Å². The highest BCUT2D eigenvalue weighted by molar-refractivity contribution is 6.22. The number of carbonyl (C=O) groups is 3. The van der Waals surface area contributed by atoms with Gasteiger partial charge in [0.1, 0.15) is 0 Å². The minimum absolute atomic E-state index is 0.180. The van der Waals surface area contributed by atoms with Crippen LogP contribution in [0.2, 0.25) is 0 Å². The first-order valence-corrected chi connectivity index (χ1v) is 7.42. The summed E-state index contributed by atoms with van der Waals surface area (Å²) in [6.45, 7) is 2.04. The Labute approximate surface area is 128 Å². The van der Waals surface area contributed by atoms with Crippen molar-refractivity contribution in [1.82, 2.24) is 0 Å². The van der Waals surface area contributed by atoms with Gasteiger partial charge in [-0.1, -0.05) is 24.3 Å². The van der Waals surface area contributed by atoms with Crippen LogP contribution in [-0.2, 0) is 19.1 Å². The summed E-state index contributed by atoms with van der Waals surface area (Å²) in [6, 6.07) is 8.90. The van der Waals surface area contributed by atoms with Crippen LogP contribution >= 0.6 is 0 Å². The van der Waals surface area contributed by atoms with Crippen molar-refractivity contribution in [1.29, 1.82) is 0 Å². The molecule has 1 saturated heterocycles. The first-order valence-electron chi connectivity index (χ1n) is 7.42. The second kappa shape index (κ2) is 5.75. The minimum atomic E-state index is -0.461. The quantitative estimate of drug-likeness (QED) is 0.633. The van der Waals surface area contributed by atoms with Crippen LogP contribution in [0.15, 0.2) is 42.0 Å². The molecule has 1 aromatic rings. The second-order valence-electron chi connectivity index (χ2n) is 5.45. The number of amides is 2. The molecule has 1 fully saturated rings. The maximum atomic E-state index is 12.6. The Hall–Kier alpha value is -2.43. The number of carbonyl (C=O) groups excluding carboxylic acids is 3. The third kappa shape index (κ3) is 2.32. The third-order valence-electron chi connectivity index (χ3n) is 4.17. The lowest BCUT2D eigenvalue weighted by molar-refractivity contribution is -0.139. The van der Waals surface area contributed by atoms with Gasteiger partial charge in [0, 0.05) is 5.57 Å². The molecule has 114 valence electrons. The zero-order valence-corrected chi connectivity index (χ0v) is 12.3. The highest BCUT2D eigenvalue weighted by Gasteiger charge is 2.49. The van der Waals surface area contributed by atoms with Gasteiger partial charge in [0.25, 0.3) is 0 Å². The number of anilines is 1. The van der Waals surface area contributed by atoms with E-state index in [9.17, 15) is 14.4 Å². The molecule has 1 heterocycles. The number of nitrogens with zero attached hydrogens (tertiary/aromatic N) is 1. The van der Waals surface area contributed by atoms with Crippen LogP contribution in [0.4, 0.5) is 5.69 Å². The van der Waals surface area contributed by atoms with Crippen LogP contribution in [0.1, 0.15) is 19.8 Å². The largest absolute Gasteiger partial charge is 0.463 e. The van der Waals surface area contributed by atoms with Crippen molar-refractivity contribution in [2.24, 2.45) is 11.8 Å². The van der Waals surface area contributed by atoms with Gasteiger partial charge in [0.05, 0.1) is 24.1 Å². The molecule has 5 heteroatoms. The summed E-state index contributed by atoms with van der Waals surface area (Å²) in [4.78, 5) is 38.2. The van der Waals surface area contributed by atoms with Crippen LogP contribution < -0.4 is 4.90 Å². The van der Waals surface area contributed by atoms with Crippen LogP contribution in [0.5, 0.6) is 0 Å². The predicted octanol–water partition coefficient (Wildman–Crippen LogP) is 2.08. The maximum Gasteiger partial charge on any atom is 0.333 e. The number of allylic oxidation sites excluding steroid dienone is 1. The van der Waals surface area contributed by atoms with Gasteiger partial charge in [0.15, 0.2) is 0 Å². The lowest BCUT2D eigenvalue weighted by Crippen LogP contribution is -2.30. The fourth-order valence-electron chi connectivity index (χ4n) is 3.09. The summed E-state index contributed by atoms with van der Waals surface area (Å²) in [5.74, 6) is -1.63. The van der Waals surface area contributed by atoms with Crippen molar-refractivity contribution in [3.8, 4) is 0 Å². The molecule has 22 heavy (non-hydrogen) atoms. The van der Waals surface area contributed by atoms with Gasteiger partial charge in [-0.3, -0.25) is 14.5 Å². The molecule has 2 aliphatic rings. The monoisotopic (exact) mass is 299 g/mol. The van der Waals surface area contributed by atoms with Crippen LogP contribution in [-0.4, -0.2) is 24.4 Å². The standard InChI is InChI=1S/C17H17NO4/c1-2-22-17(21)11-8-9-13-14(10-11)16(20)18(15(13)19)12-6-4-3-5-7-12/h3-8,13-14H,2,9-10H2,1H3/t13-,14+/m1/s1. The highest BCUT2D eigenvalue weighted by atomic mass is 16.5. The number of hydrogen-bond donors (Lipinski definition) is 0. The van der Waals surface area contributed by atoms with Crippen molar-refractivity contribution in [3.63, 3.8) is 0 Å². The zero-order chi connectivity index (χ0) is 15.7. The van der Waals surface area contributed by atoms with Crippen molar-refractivity contribution in [2.45, 2.75) is 19.8 Å². The SMILES string of the molecule is CCOC(=O)C1=CC[C@H]2C(=O)N(c3ccccc3)C(=O)[C@H]2C1. The summed E-state index contributed by atoms with van der Waals surface area (Å²) in [6.07, 6.45) is 2.42. The van der Waals surface area contributed by atoms with E-state index in [1.54, 1.807) is 37.3 Å². The van der Waals surface area contributed by atoms with Crippen LogP contribution in [0.25, 0.3) is 0 Å². The molecule has 0 N–H and O–H groups in total. The first-order chi connectivity index (χ1) is 10.6. The molecule has 3 rings (SSSR count). The van der Waals surface area contributed by atoms with Crippen molar-refractivity contribution >= 4 is 23.5 Å². The van der Waals surface area contributed by atoms with E-state index < -0.39 is 5.92 Å². The summed E-state index contributed by atoms with van der Waals surface area (Å²) in [5, 5.41) is 0. The molecule has 0 bridgehead atoms. The smallest absolute Gasteiger partial charge is 0.333 e. The third-order valence-corrected chi connectivity index (χ3v) is 4.17. The van der Waals surface area contributed by atoms with Crippen molar-refractivity contribution < 1.29 is 19.1 Å². The molecule has 0 aromatic heterocycles. The molecule has 0 unspecified atom stereocenters. The molecule has 1 aromatic carbocycles. The summed E-state index contributed by atoms with van der Waals surface area (Å²) in [7, 11) is 0. The van der Waals surface area contributed by atoms with Gasteiger partial charge >= 0.3 is 5.97 Å². The van der Waals surface area contributed by atoms with Gasteiger partial charge in [-0.05, 0) is 31.9 Å². The molecule has 0 radical (unpaired) electrons. The van der Waals surface area contributed by atoms with E-state index in [0.29, 0.717) is 24.3 Å². The molecule has 0 saturated carbocycles. The Bertz CT molecular complexity index is 650. The molecule has 1 aliphatic carbocycles. The number of hydrogen-bond acceptors (Lipinski definition) is 4. The van der Waals surface area contributed by atoms with E-state index >= 15 is 0 Å². The van der Waals surface area contributed by atoms with E-state index in [2.05, 4.69) is 0 Å². The fourth-order valence-corrected chi connectivity index (χ4v) is 3.09. The topological polar surface area (TPSA) is 63.7 Å². The molecule has 2 atom stereocenters. The van der Waals surface area contributed by atoms with E-state index in [1.807, 2.05) is 6.07 Å². The number of para-hydroxylation sites is 1. The van der Waals surface area contributed by atoms with E-state index in [4.69, 9.17) is 4.74 Å². The summed E-state index contributed by atoms with van der Waals surface area (Å²) >= 11 is 0. The average molecular weight is 299 g/mol. The molecular weight excluding hydrogens is 282 g/mol. The summed E-state index contributed by atoms with van der Waals surface area (Å²) in [5.41, 5.74) is 1.09. The maximum absolute atomic E-state index is 12.6. The van der Waals surface area contributed by atoms with Crippen LogP contribution in [0.3, 0.4) is 0 Å². The van der Waals surface area contributed by atoms with Gasteiger partial charge in [-0.15, -0.1) is 0 Å².